The average Bonchev–Trinajstić information content (AvgIpc) is 2.47. The van der Waals surface area contributed by atoms with Gasteiger partial charge >= 0.3 is 0 Å². The number of nitrogens with zero attached hydrogens (tertiary/aromatic N) is 2. The van der Waals surface area contributed by atoms with E-state index >= 15 is 0 Å². The molecule has 0 aliphatic rings. The van der Waals surface area contributed by atoms with Crippen LogP contribution in [0.1, 0.15) is 5.56 Å². The molecule has 2 aromatic carbocycles. The van der Waals surface area contributed by atoms with E-state index in [9.17, 15) is 0 Å². The van der Waals surface area contributed by atoms with Gasteiger partial charge in [0.1, 0.15) is 12.1 Å². The van der Waals surface area contributed by atoms with Crippen molar-refractivity contribution < 1.29 is 0 Å². The number of aromatic nitrogens is 2. The van der Waals surface area contributed by atoms with Crippen molar-refractivity contribution in [3.63, 3.8) is 0 Å². The smallest absolute Gasteiger partial charge is 0.137 e. The van der Waals surface area contributed by atoms with E-state index in [1.165, 1.54) is 5.56 Å². The quantitative estimate of drug-likeness (QED) is 0.697. The summed E-state index contributed by atoms with van der Waals surface area (Å²) in [5.41, 5.74) is 2.14. The maximum atomic E-state index is 4.33. The Morgan fingerprint density at radius 3 is 2.45 bits per heavy atom. The zero-order valence-corrected chi connectivity index (χ0v) is 13.6. The molecular weight excluding hydrogens is 382 g/mol. The molecule has 0 saturated heterocycles. The summed E-state index contributed by atoms with van der Waals surface area (Å²) >= 11 is 6.92. The predicted octanol–water partition coefficient (Wildman–Crippen LogP) is 4.77. The van der Waals surface area contributed by atoms with Crippen molar-refractivity contribution in [1.82, 2.24) is 9.97 Å². The highest BCUT2D eigenvalue weighted by molar-refractivity contribution is 9.10. The maximum Gasteiger partial charge on any atom is 0.137 e. The Labute approximate surface area is 133 Å². The average molecular weight is 393 g/mol. The Morgan fingerprint density at radius 2 is 1.65 bits per heavy atom. The third kappa shape index (κ3) is 2.99. The number of benzene rings is 2. The van der Waals surface area contributed by atoms with Crippen LogP contribution in [-0.4, -0.2) is 9.97 Å². The zero-order valence-electron chi connectivity index (χ0n) is 10.5. The number of hydrogen-bond acceptors (Lipinski definition) is 3. The lowest BCUT2D eigenvalue weighted by Crippen LogP contribution is -2.02. The van der Waals surface area contributed by atoms with Gasteiger partial charge in [-0.1, -0.05) is 44.0 Å². The number of fused-ring (bicyclic) bond motifs is 1. The molecule has 1 N–H and O–H groups in total. The van der Waals surface area contributed by atoms with Crippen LogP contribution in [0, 0.1) is 0 Å². The molecule has 0 fully saturated rings. The minimum absolute atomic E-state index is 0.728. The summed E-state index contributed by atoms with van der Waals surface area (Å²) in [5, 5.41) is 4.38. The lowest BCUT2D eigenvalue weighted by molar-refractivity contribution is 1.10. The third-order valence-electron chi connectivity index (χ3n) is 2.97. The monoisotopic (exact) mass is 391 g/mol. The van der Waals surface area contributed by atoms with Crippen molar-refractivity contribution in [2.45, 2.75) is 6.54 Å². The fourth-order valence-electron chi connectivity index (χ4n) is 1.96. The van der Waals surface area contributed by atoms with Crippen LogP contribution in [0.25, 0.3) is 10.9 Å². The second kappa shape index (κ2) is 5.89. The van der Waals surface area contributed by atoms with Crippen LogP contribution >= 0.6 is 31.9 Å². The van der Waals surface area contributed by atoms with E-state index in [0.717, 1.165) is 32.2 Å². The van der Waals surface area contributed by atoms with Crippen molar-refractivity contribution >= 4 is 48.6 Å². The Hall–Kier alpha value is -1.46. The summed E-state index contributed by atoms with van der Waals surface area (Å²) < 4.78 is 2.10. The first-order valence-electron chi connectivity index (χ1n) is 6.11. The topological polar surface area (TPSA) is 37.8 Å². The van der Waals surface area contributed by atoms with Gasteiger partial charge < -0.3 is 5.32 Å². The molecule has 3 nitrogen and oxygen atoms in total. The molecular formula is C15H11Br2N3. The molecule has 0 aliphatic carbocycles. The summed E-state index contributed by atoms with van der Waals surface area (Å²) in [6, 6.07) is 14.2. The van der Waals surface area contributed by atoms with E-state index in [2.05, 4.69) is 59.3 Å². The van der Waals surface area contributed by atoms with Crippen LogP contribution in [0.15, 0.2) is 57.7 Å². The number of anilines is 1. The lowest BCUT2D eigenvalue weighted by Gasteiger charge is -2.08. The van der Waals surface area contributed by atoms with Crippen molar-refractivity contribution in [3.8, 4) is 0 Å². The number of halogens is 2. The summed E-state index contributed by atoms with van der Waals surface area (Å²) in [6.45, 7) is 0.728. The highest BCUT2D eigenvalue weighted by Gasteiger charge is 2.04. The molecule has 0 radical (unpaired) electrons. The second-order valence-corrected chi connectivity index (χ2v) is 6.20. The molecule has 1 aromatic heterocycles. The van der Waals surface area contributed by atoms with E-state index in [-0.39, 0.29) is 0 Å². The van der Waals surface area contributed by atoms with Crippen molar-refractivity contribution in [2.75, 3.05) is 5.32 Å². The summed E-state index contributed by atoms with van der Waals surface area (Å²) in [6.07, 6.45) is 1.58. The maximum absolute atomic E-state index is 4.33. The van der Waals surface area contributed by atoms with Gasteiger partial charge in [-0.25, -0.2) is 9.97 Å². The molecule has 0 bridgehead atoms. The Balaban J connectivity index is 1.87. The standard InChI is InChI=1S/C15H11Br2N3/c16-11-3-1-10(2-4-11)8-18-15-13-7-12(17)5-6-14(13)19-9-20-15/h1-7,9H,8H2,(H,18,19,20). The van der Waals surface area contributed by atoms with Gasteiger partial charge in [0.2, 0.25) is 0 Å². The molecule has 0 unspecified atom stereocenters. The van der Waals surface area contributed by atoms with Crippen LogP contribution in [0.5, 0.6) is 0 Å². The number of nitrogens with one attached hydrogen (secondary N) is 1. The van der Waals surface area contributed by atoms with Gasteiger partial charge in [0.15, 0.2) is 0 Å². The molecule has 0 amide bonds. The largest absolute Gasteiger partial charge is 0.365 e. The second-order valence-electron chi connectivity index (χ2n) is 4.36. The van der Waals surface area contributed by atoms with E-state index in [0.29, 0.717) is 0 Å². The molecule has 0 atom stereocenters. The highest BCUT2D eigenvalue weighted by atomic mass is 79.9. The lowest BCUT2D eigenvalue weighted by atomic mass is 10.2. The van der Waals surface area contributed by atoms with Crippen LogP contribution < -0.4 is 5.32 Å². The van der Waals surface area contributed by atoms with Crippen molar-refractivity contribution in [3.05, 3.63) is 63.3 Å². The molecule has 0 aliphatic heterocycles. The summed E-state index contributed by atoms with van der Waals surface area (Å²) in [4.78, 5) is 8.60. The van der Waals surface area contributed by atoms with Gasteiger partial charge in [-0.3, -0.25) is 0 Å². The van der Waals surface area contributed by atoms with Gasteiger partial charge in [0.25, 0.3) is 0 Å². The van der Waals surface area contributed by atoms with E-state index in [1.807, 2.05) is 30.3 Å². The van der Waals surface area contributed by atoms with Gasteiger partial charge in [-0.15, -0.1) is 0 Å². The molecule has 0 spiro atoms. The normalized spacial score (nSPS) is 10.7. The molecule has 20 heavy (non-hydrogen) atoms. The van der Waals surface area contributed by atoms with Crippen molar-refractivity contribution in [2.24, 2.45) is 0 Å². The molecule has 5 heteroatoms. The Kier molecular flexibility index (Phi) is 3.98. The van der Waals surface area contributed by atoms with Gasteiger partial charge in [-0.2, -0.15) is 0 Å². The van der Waals surface area contributed by atoms with Gasteiger partial charge in [0.05, 0.1) is 5.52 Å². The van der Waals surface area contributed by atoms with Crippen LogP contribution in [0.3, 0.4) is 0 Å². The fourth-order valence-corrected chi connectivity index (χ4v) is 2.58. The molecule has 0 saturated carbocycles. The minimum Gasteiger partial charge on any atom is -0.365 e. The fraction of sp³-hybridized carbons (Fsp3) is 0.0667. The van der Waals surface area contributed by atoms with Gasteiger partial charge in [0, 0.05) is 20.9 Å². The van der Waals surface area contributed by atoms with Crippen LogP contribution in [-0.2, 0) is 6.54 Å². The first kappa shape index (κ1) is 13.5. The minimum atomic E-state index is 0.728. The van der Waals surface area contributed by atoms with E-state index < -0.39 is 0 Å². The number of rotatable bonds is 3. The van der Waals surface area contributed by atoms with Crippen LogP contribution in [0.4, 0.5) is 5.82 Å². The van der Waals surface area contributed by atoms with E-state index in [4.69, 9.17) is 0 Å². The van der Waals surface area contributed by atoms with E-state index in [1.54, 1.807) is 6.33 Å². The number of hydrogen-bond donors (Lipinski definition) is 1. The van der Waals surface area contributed by atoms with Crippen molar-refractivity contribution in [1.29, 1.82) is 0 Å². The van der Waals surface area contributed by atoms with Gasteiger partial charge in [-0.05, 0) is 35.9 Å². The van der Waals surface area contributed by atoms with Crippen LogP contribution in [0.2, 0.25) is 0 Å². The Morgan fingerprint density at radius 1 is 0.900 bits per heavy atom. The summed E-state index contributed by atoms with van der Waals surface area (Å²) in [5.74, 6) is 0.846. The SMILES string of the molecule is Brc1ccc(CNc2ncnc3ccc(Br)cc23)cc1. The molecule has 1 heterocycles. The first-order chi connectivity index (χ1) is 9.72. The first-order valence-corrected chi connectivity index (χ1v) is 7.69. The predicted molar refractivity (Wildman–Crippen MR) is 88.7 cm³/mol. The third-order valence-corrected chi connectivity index (χ3v) is 3.99. The Bertz CT molecular complexity index is 742. The summed E-state index contributed by atoms with van der Waals surface area (Å²) in [7, 11) is 0. The highest BCUT2D eigenvalue weighted by Crippen LogP contribution is 2.23. The zero-order chi connectivity index (χ0) is 13.9. The molecule has 3 aromatic rings. The molecule has 3 rings (SSSR count). The molecule has 100 valence electrons.